The van der Waals surface area contributed by atoms with Crippen molar-refractivity contribution in [2.45, 2.75) is 58.8 Å². The summed E-state index contributed by atoms with van der Waals surface area (Å²) in [5.74, 6) is 0.325. The lowest BCUT2D eigenvalue weighted by molar-refractivity contribution is -0.133. The van der Waals surface area contributed by atoms with E-state index in [9.17, 15) is 4.79 Å². The van der Waals surface area contributed by atoms with Gasteiger partial charge in [-0.15, -0.1) is 0 Å². The minimum Gasteiger partial charge on any atom is -0.355 e. The second-order valence-corrected chi connectivity index (χ2v) is 6.32. The summed E-state index contributed by atoms with van der Waals surface area (Å²) < 4.78 is 0. The van der Waals surface area contributed by atoms with Gasteiger partial charge in [-0.25, -0.2) is 0 Å². The van der Waals surface area contributed by atoms with Gasteiger partial charge in [-0.2, -0.15) is 0 Å². The van der Waals surface area contributed by atoms with Crippen molar-refractivity contribution in [3.63, 3.8) is 0 Å². The Bertz CT molecular complexity index is 285. The highest BCUT2D eigenvalue weighted by Gasteiger charge is 2.43. The standard InChI is InChI=1S/C15H28N2O/c1-3-5-15(8-10-16-11-9-15)13(18)17-12-14(4-2)6-7-14/h16H,3-12H2,1-2H3,(H,17,18). The lowest BCUT2D eigenvalue weighted by Crippen LogP contribution is -2.48. The third kappa shape index (κ3) is 2.87. The smallest absolute Gasteiger partial charge is 0.226 e. The molecule has 0 aromatic heterocycles. The zero-order valence-electron chi connectivity index (χ0n) is 12.0. The molecule has 0 bridgehead atoms. The highest BCUT2D eigenvalue weighted by Crippen LogP contribution is 2.48. The summed E-state index contributed by atoms with van der Waals surface area (Å²) in [6, 6.07) is 0. The molecule has 2 N–H and O–H groups in total. The monoisotopic (exact) mass is 252 g/mol. The van der Waals surface area contributed by atoms with Crippen LogP contribution >= 0.6 is 0 Å². The van der Waals surface area contributed by atoms with Gasteiger partial charge in [0.05, 0.1) is 5.41 Å². The maximum Gasteiger partial charge on any atom is 0.226 e. The number of rotatable bonds is 6. The van der Waals surface area contributed by atoms with Gasteiger partial charge in [0.25, 0.3) is 0 Å². The Morgan fingerprint density at radius 3 is 2.33 bits per heavy atom. The summed E-state index contributed by atoms with van der Waals surface area (Å²) in [4.78, 5) is 12.6. The summed E-state index contributed by atoms with van der Waals surface area (Å²) in [5.41, 5.74) is 0.375. The zero-order valence-corrected chi connectivity index (χ0v) is 12.0. The van der Waals surface area contributed by atoms with E-state index in [0.717, 1.165) is 45.3 Å². The van der Waals surface area contributed by atoms with Crippen molar-refractivity contribution in [1.29, 1.82) is 0 Å². The highest BCUT2D eigenvalue weighted by atomic mass is 16.2. The van der Waals surface area contributed by atoms with E-state index in [-0.39, 0.29) is 5.41 Å². The first-order valence-corrected chi connectivity index (χ1v) is 7.65. The molecule has 0 aromatic carbocycles. The van der Waals surface area contributed by atoms with E-state index >= 15 is 0 Å². The number of amides is 1. The van der Waals surface area contributed by atoms with Crippen LogP contribution in [0.5, 0.6) is 0 Å². The molecular formula is C15H28N2O. The number of carbonyl (C=O) groups excluding carboxylic acids is 1. The van der Waals surface area contributed by atoms with E-state index in [1.54, 1.807) is 0 Å². The van der Waals surface area contributed by atoms with Crippen molar-refractivity contribution < 1.29 is 4.79 Å². The molecule has 3 heteroatoms. The van der Waals surface area contributed by atoms with E-state index < -0.39 is 0 Å². The Labute approximate surface area is 111 Å². The second kappa shape index (κ2) is 5.60. The summed E-state index contributed by atoms with van der Waals surface area (Å²) in [6.45, 7) is 7.32. The number of carbonyl (C=O) groups is 1. The number of hydrogen-bond donors (Lipinski definition) is 2. The largest absolute Gasteiger partial charge is 0.355 e. The summed E-state index contributed by atoms with van der Waals surface area (Å²) in [5, 5.41) is 6.63. The lowest BCUT2D eigenvalue weighted by Gasteiger charge is -2.36. The van der Waals surface area contributed by atoms with Crippen LogP contribution in [-0.2, 0) is 4.79 Å². The van der Waals surface area contributed by atoms with E-state index in [2.05, 4.69) is 24.5 Å². The fraction of sp³-hybridized carbons (Fsp3) is 0.933. The molecule has 0 unspecified atom stereocenters. The fourth-order valence-electron chi connectivity index (χ4n) is 3.26. The van der Waals surface area contributed by atoms with Crippen molar-refractivity contribution in [3.8, 4) is 0 Å². The van der Waals surface area contributed by atoms with Crippen LogP contribution in [0.25, 0.3) is 0 Å². The van der Waals surface area contributed by atoms with Crippen LogP contribution in [0.1, 0.15) is 58.8 Å². The van der Waals surface area contributed by atoms with Crippen molar-refractivity contribution in [2.24, 2.45) is 10.8 Å². The molecule has 1 aliphatic carbocycles. The first-order chi connectivity index (χ1) is 8.66. The molecule has 2 rings (SSSR count). The predicted molar refractivity (Wildman–Crippen MR) is 74.4 cm³/mol. The minimum absolute atomic E-state index is 0.0795. The average molecular weight is 252 g/mol. The molecule has 1 amide bonds. The molecule has 0 aromatic rings. The van der Waals surface area contributed by atoms with Crippen LogP contribution in [0.4, 0.5) is 0 Å². The summed E-state index contributed by atoms with van der Waals surface area (Å²) >= 11 is 0. The molecular weight excluding hydrogens is 224 g/mol. The zero-order chi connectivity index (χ0) is 13.1. The lowest BCUT2D eigenvalue weighted by atomic mass is 9.74. The molecule has 1 heterocycles. The van der Waals surface area contributed by atoms with Gasteiger partial charge < -0.3 is 10.6 Å². The van der Waals surface area contributed by atoms with Crippen molar-refractivity contribution in [2.75, 3.05) is 19.6 Å². The van der Waals surface area contributed by atoms with Crippen LogP contribution in [0, 0.1) is 10.8 Å². The summed E-state index contributed by atoms with van der Waals surface area (Å²) in [6.07, 6.45) is 7.96. The Morgan fingerprint density at radius 2 is 1.83 bits per heavy atom. The van der Waals surface area contributed by atoms with Crippen LogP contribution in [0.2, 0.25) is 0 Å². The molecule has 0 atom stereocenters. The number of nitrogens with one attached hydrogen (secondary N) is 2. The number of piperidine rings is 1. The second-order valence-electron chi connectivity index (χ2n) is 6.32. The van der Waals surface area contributed by atoms with Gasteiger partial charge in [0.15, 0.2) is 0 Å². The van der Waals surface area contributed by atoms with Crippen LogP contribution in [0.15, 0.2) is 0 Å². The summed E-state index contributed by atoms with van der Waals surface area (Å²) in [7, 11) is 0. The molecule has 3 nitrogen and oxygen atoms in total. The van der Waals surface area contributed by atoms with E-state index in [1.807, 2.05) is 0 Å². The van der Waals surface area contributed by atoms with Crippen LogP contribution in [-0.4, -0.2) is 25.5 Å². The van der Waals surface area contributed by atoms with E-state index in [0.29, 0.717) is 11.3 Å². The molecule has 2 fully saturated rings. The van der Waals surface area contributed by atoms with E-state index in [1.165, 1.54) is 19.3 Å². The minimum atomic E-state index is -0.0795. The molecule has 2 aliphatic rings. The molecule has 1 saturated carbocycles. The molecule has 18 heavy (non-hydrogen) atoms. The quantitative estimate of drug-likeness (QED) is 0.762. The highest BCUT2D eigenvalue weighted by molar-refractivity contribution is 5.82. The van der Waals surface area contributed by atoms with Crippen LogP contribution < -0.4 is 10.6 Å². The molecule has 0 spiro atoms. The van der Waals surface area contributed by atoms with Crippen LogP contribution in [0.3, 0.4) is 0 Å². The average Bonchev–Trinajstić information content (AvgIpc) is 3.18. The van der Waals surface area contributed by atoms with Gasteiger partial charge in [0.2, 0.25) is 5.91 Å². The van der Waals surface area contributed by atoms with Gasteiger partial charge >= 0.3 is 0 Å². The molecule has 1 aliphatic heterocycles. The van der Waals surface area contributed by atoms with E-state index in [4.69, 9.17) is 0 Å². The van der Waals surface area contributed by atoms with Gasteiger partial charge in [0, 0.05) is 6.54 Å². The SMILES string of the molecule is CCCC1(C(=O)NCC2(CC)CC2)CCNCC1. The Kier molecular flexibility index (Phi) is 4.31. The van der Waals surface area contributed by atoms with Crippen molar-refractivity contribution in [3.05, 3.63) is 0 Å². The van der Waals surface area contributed by atoms with Crippen molar-refractivity contribution >= 4 is 5.91 Å². The topological polar surface area (TPSA) is 41.1 Å². The molecule has 104 valence electrons. The Morgan fingerprint density at radius 1 is 1.17 bits per heavy atom. The Hall–Kier alpha value is -0.570. The molecule has 0 radical (unpaired) electrons. The van der Waals surface area contributed by atoms with Gasteiger partial charge in [-0.1, -0.05) is 20.3 Å². The third-order valence-corrected chi connectivity index (χ3v) is 5.10. The fourth-order valence-corrected chi connectivity index (χ4v) is 3.26. The predicted octanol–water partition coefficient (Wildman–Crippen LogP) is 2.46. The van der Waals surface area contributed by atoms with Gasteiger partial charge in [0.1, 0.15) is 0 Å². The number of hydrogen-bond acceptors (Lipinski definition) is 2. The van der Waals surface area contributed by atoms with Crippen molar-refractivity contribution in [1.82, 2.24) is 10.6 Å². The third-order valence-electron chi connectivity index (χ3n) is 5.10. The first kappa shape index (κ1) is 13.9. The van der Waals surface area contributed by atoms with Gasteiger partial charge in [-0.05, 0) is 57.0 Å². The normalized spacial score (nSPS) is 24.6. The molecule has 1 saturated heterocycles. The maximum atomic E-state index is 12.6. The Balaban J connectivity index is 1.91. The maximum absolute atomic E-state index is 12.6. The van der Waals surface area contributed by atoms with Gasteiger partial charge in [-0.3, -0.25) is 4.79 Å². The first-order valence-electron chi connectivity index (χ1n) is 7.65.